The number of nitrogens with one attached hydrogen (secondary N) is 1. The minimum atomic E-state index is -0.413. The standard InChI is InChI=1S/C15H17N3O3/c1-10-5-7-16-9-14(10)21-13-6-8-17-15-11(13)3-2-4-12(15)18(19)20/h2-4,6,8,10,14,16H,5,7,9H2,1H3. The van der Waals surface area contributed by atoms with E-state index in [9.17, 15) is 10.1 Å². The molecule has 0 amide bonds. The molecule has 1 aromatic carbocycles. The van der Waals surface area contributed by atoms with Crippen molar-refractivity contribution in [2.45, 2.75) is 19.4 Å². The van der Waals surface area contributed by atoms with Gasteiger partial charge >= 0.3 is 0 Å². The fourth-order valence-electron chi connectivity index (χ4n) is 2.67. The normalized spacial score (nSPS) is 22.1. The first kappa shape index (κ1) is 13.8. The maximum Gasteiger partial charge on any atom is 0.295 e. The maximum absolute atomic E-state index is 11.1. The zero-order valence-corrected chi connectivity index (χ0v) is 11.8. The zero-order chi connectivity index (χ0) is 14.8. The number of benzene rings is 1. The molecule has 3 rings (SSSR count). The number of para-hydroxylation sites is 1. The molecule has 1 fully saturated rings. The molecule has 1 saturated heterocycles. The Morgan fingerprint density at radius 3 is 3.05 bits per heavy atom. The highest BCUT2D eigenvalue weighted by Gasteiger charge is 2.24. The predicted molar refractivity (Wildman–Crippen MR) is 79.5 cm³/mol. The third-order valence-electron chi connectivity index (χ3n) is 3.94. The van der Waals surface area contributed by atoms with E-state index in [1.165, 1.54) is 6.07 Å². The molecular weight excluding hydrogens is 270 g/mol. The number of hydrogen-bond donors (Lipinski definition) is 1. The Balaban J connectivity index is 1.99. The van der Waals surface area contributed by atoms with Crippen LogP contribution in [0.4, 0.5) is 5.69 Å². The van der Waals surface area contributed by atoms with Crippen molar-refractivity contribution in [3.8, 4) is 5.75 Å². The molecule has 2 heterocycles. The summed E-state index contributed by atoms with van der Waals surface area (Å²) in [6.07, 6.45) is 2.70. The molecule has 110 valence electrons. The molecule has 2 aromatic rings. The third-order valence-corrected chi connectivity index (χ3v) is 3.94. The van der Waals surface area contributed by atoms with Gasteiger partial charge in [0.15, 0.2) is 5.52 Å². The summed E-state index contributed by atoms with van der Waals surface area (Å²) < 4.78 is 6.09. The Hall–Kier alpha value is -2.21. The van der Waals surface area contributed by atoms with E-state index in [1.807, 2.05) is 6.07 Å². The second kappa shape index (κ2) is 5.65. The highest BCUT2D eigenvalue weighted by atomic mass is 16.6. The van der Waals surface area contributed by atoms with Crippen LogP contribution in [0.3, 0.4) is 0 Å². The lowest BCUT2D eigenvalue weighted by Crippen LogP contribution is -2.42. The molecule has 0 radical (unpaired) electrons. The third kappa shape index (κ3) is 2.67. The van der Waals surface area contributed by atoms with E-state index in [0.29, 0.717) is 22.6 Å². The van der Waals surface area contributed by atoms with E-state index in [0.717, 1.165) is 19.5 Å². The van der Waals surface area contributed by atoms with E-state index in [2.05, 4.69) is 17.2 Å². The monoisotopic (exact) mass is 287 g/mol. The molecule has 0 saturated carbocycles. The molecule has 1 N–H and O–H groups in total. The number of nitro benzene ring substituents is 1. The van der Waals surface area contributed by atoms with Crippen LogP contribution >= 0.6 is 0 Å². The van der Waals surface area contributed by atoms with Crippen molar-refractivity contribution in [3.63, 3.8) is 0 Å². The van der Waals surface area contributed by atoms with Gasteiger partial charge in [0.1, 0.15) is 11.9 Å². The zero-order valence-electron chi connectivity index (χ0n) is 11.8. The van der Waals surface area contributed by atoms with Gasteiger partial charge in [-0.25, -0.2) is 4.98 Å². The highest BCUT2D eigenvalue weighted by molar-refractivity contribution is 5.91. The van der Waals surface area contributed by atoms with Gasteiger partial charge < -0.3 is 10.1 Å². The molecule has 2 unspecified atom stereocenters. The Bertz CT molecular complexity index is 674. The van der Waals surface area contributed by atoms with Gasteiger partial charge in [0.2, 0.25) is 0 Å². The van der Waals surface area contributed by atoms with Crippen molar-refractivity contribution < 1.29 is 9.66 Å². The highest BCUT2D eigenvalue weighted by Crippen LogP contribution is 2.31. The van der Waals surface area contributed by atoms with Crippen LogP contribution in [0.5, 0.6) is 5.75 Å². The number of nitrogens with zero attached hydrogens (tertiary/aromatic N) is 2. The van der Waals surface area contributed by atoms with Crippen molar-refractivity contribution in [1.29, 1.82) is 0 Å². The predicted octanol–water partition coefficient (Wildman–Crippen LogP) is 2.52. The summed E-state index contributed by atoms with van der Waals surface area (Å²) in [5.41, 5.74) is 0.379. The quantitative estimate of drug-likeness (QED) is 0.693. The van der Waals surface area contributed by atoms with Crippen LogP contribution in [0.1, 0.15) is 13.3 Å². The minimum Gasteiger partial charge on any atom is -0.488 e. The summed E-state index contributed by atoms with van der Waals surface area (Å²) in [5.74, 6) is 1.11. The Morgan fingerprint density at radius 2 is 2.29 bits per heavy atom. The van der Waals surface area contributed by atoms with Crippen molar-refractivity contribution in [2.24, 2.45) is 5.92 Å². The van der Waals surface area contributed by atoms with Crippen LogP contribution in [0.15, 0.2) is 30.5 Å². The van der Waals surface area contributed by atoms with E-state index in [4.69, 9.17) is 4.74 Å². The summed E-state index contributed by atoms with van der Waals surface area (Å²) in [6.45, 7) is 3.96. The summed E-state index contributed by atoms with van der Waals surface area (Å²) in [5, 5.41) is 15.1. The Labute approximate surface area is 122 Å². The van der Waals surface area contributed by atoms with E-state index in [-0.39, 0.29) is 11.8 Å². The van der Waals surface area contributed by atoms with Crippen molar-refractivity contribution >= 4 is 16.6 Å². The average Bonchev–Trinajstić information content (AvgIpc) is 2.49. The van der Waals surface area contributed by atoms with Gasteiger partial charge in [0.25, 0.3) is 5.69 Å². The summed E-state index contributed by atoms with van der Waals surface area (Å²) in [6, 6.07) is 6.71. The van der Waals surface area contributed by atoms with Gasteiger partial charge in [-0.05, 0) is 31.0 Å². The maximum atomic E-state index is 11.1. The number of nitro groups is 1. The van der Waals surface area contributed by atoms with E-state index >= 15 is 0 Å². The van der Waals surface area contributed by atoms with Gasteiger partial charge in [-0.3, -0.25) is 10.1 Å². The number of hydrogen-bond acceptors (Lipinski definition) is 5. The summed E-state index contributed by atoms with van der Waals surface area (Å²) in [7, 11) is 0. The number of rotatable bonds is 3. The van der Waals surface area contributed by atoms with Crippen LogP contribution in [-0.2, 0) is 0 Å². The second-order valence-electron chi connectivity index (χ2n) is 5.37. The molecule has 1 aliphatic rings. The molecule has 0 aliphatic carbocycles. The fraction of sp³-hybridized carbons (Fsp3) is 0.400. The van der Waals surface area contributed by atoms with Crippen molar-refractivity contribution in [1.82, 2.24) is 10.3 Å². The van der Waals surface area contributed by atoms with Gasteiger partial charge in [-0.1, -0.05) is 13.0 Å². The van der Waals surface area contributed by atoms with Gasteiger partial charge in [-0.2, -0.15) is 0 Å². The summed E-state index contributed by atoms with van der Waals surface area (Å²) >= 11 is 0. The average molecular weight is 287 g/mol. The first-order valence-corrected chi connectivity index (χ1v) is 7.06. The number of non-ortho nitro benzene ring substituents is 1. The smallest absolute Gasteiger partial charge is 0.295 e. The van der Waals surface area contributed by atoms with E-state index < -0.39 is 4.92 Å². The van der Waals surface area contributed by atoms with Crippen molar-refractivity contribution in [2.75, 3.05) is 13.1 Å². The molecule has 6 heteroatoms. The fourth-order valence-corrected chi connectivity index (χ4v) is 2.67. The lowest BCUT2D eigenvalue weighted by molar-refractivity contribution is -0.383. The van der Waals surface area contributed by atoms with Crippen LogP contribution < -0.4 is 10.1 Å². The molecule has 0 spiro atoms. The lowest BCUT2D eigenvalue weighted by Gasteiger charge is -2.30. The molecule has 21 heavy (non-hydrogen) atoms. The minimum absolute atomic E-state index is 0.00719. The van der Waals surface area contributed by atoms with Gasteiger partial charge in [-0.15, -0.1) is 0 Å². The molecule has 6 nitrogen and oxygen atoms in total. The lowest BCUT2D eigenvalue weighted by atomic mass is 9.97. The first-order valence-electron chi connectivity index (χ1n) is 7.06. The SMILES string of the molecule is CC1CCNCC1Oc1ccnc2c([N+](=O)[O-])cccc12. The number of fused-ring (bicyclic) bond motifs is 1. The van der Waals surface area contributed by atoms with Gasteiger partial charge in [0, 0.05) is 24.2 Å². The molecule has 1 aromatic heterocycles. The van der Waals surface area contributed by atoms with Crippen LogP contribution in [0.2, 0.25) is 0 Å². The Kier molecular flexibility index (Phi) is 3.70. The number of ether oxygens (including phenoxy) is 1. The number of pyridine rings is 1. The van der Waals surface area contributed by atoms with Crippen LogP contribution in [0.25, 0.3) is 10.9 Å². The van der Waals surface area contributed by atoms with Crippen LogP contribution in [0, 0.1) is 16.0 Å². The molecule has 0 bridgehead atoms. The topological polar surface area (TPSA) is 77.3 Å². The number of piperidine rings is 1. The first-order chi connectivity index (χ1) is 10.2. The largest absolute Gasteiger partial charge is 0.488 e. The van der Waals surface area contributed by atoms with Gasteiger partial charge in [0.05, 0.1) is 4.92 Å². The summed E-state index contributed by atoms with van der Waals surface area (Å²) in [4.78, 5) is 14.8. The number of aromatic nitrogens is 1. The molecular formula is C15H17N3O3. The van der Waals surface area contributed by atoms with Crippen LogP contribution in [-0.4, -0.2) is 29.1 Å². The molecule has 1 aliphatic heterocycles. The van der Waals surface area contributed by atoms with E-state index in [1.54, 1.807) is 18.3 Å². The molecule has 2 atom stereocenters. The Morgan fingerprint density at radius 1 is 1.43 bits per heavy atom. The second-order valence-corrected chi connectivity index (χ2v) is 5.37. The van der Waals surface area contributed by atoms with Crippen molar-refractivity contribution in [3.05, 3.63) is 40.6 Å².